The van der Waals surface area contributed by atoms with Crippen LogP contribution in [0.3, 0.4) is 0 Å². The Morgan fingerprint density at radius 1 is 0.950 bits per heavy atom. The van der Waals surface area contributed by atoms with Crippen LogP contribution in [-0.4, -0.2) is 48.6 Å². The predicted octanol–water partition coefficient (Wildman–Crippen LogP) is 2.45. The Bertz CT molecular complexity index is 434. The third-order valence-corrected chi connectivity index (χ3v) is 7.87. The summed E-state index contributed by atoms with van der Waals surface area (Å²) in [5.41, 5.74) is 0. The summed E-state index contributed by atoms with van der Waals surface area (Å²) < 4.78 is 29.2. The standard InChI is InChI=1S/C14H25ClN2O2S/c15-11-12-5-8-16(9-6-12)20(18,19)17-10-7-13-3-1-2-4-14(13)17/h12-14H,1-11H2. The summed E-state index contributed by atoms with van der Waals surface area (Å²) >= 11 is 5.88. The lowest BCUT2D eigenvalue weighted by Crippen LogP contribution is -2.50. The van der Waals surface area contributed by atoms with Crippen LogP contribution in [0.4, 0.5) is 0 Å². The zero-order valence-electron chi connectivity index (χ0n) is 12.0. The number of fused-ring (bicyclic) bond motifs is 1. The Morgan fingerprint density at radius 2 is 1.65 bits per heavy atom. The van der Waals surface area contributed by atoms with Gasteiger partial charge in [0.15, 0.2) is 0 Å². The van der Waals surface area contributed by atoms with Gasteiger partial charge in [-0.15, -0.1) is 11.6 Å². The van der Waals surface area contributed by atoms with Crippen molar-refractivity contribution in [2.45, 2.75) is 51.0 Å². The fourth-order valence-electron chi connectivity index (χ4n) is 4.09. The van der Waals surface area contributed by atoms with Crippen LogP contribution < -0.4 is 0 Å². The van der Waals surface area contributed by atoms with Crippen LogP contribution >= 0.6 is 11.6 Å². The summed E-state index contributed by atoms with van der Waals surface area (Å²) in [6.45, 7) is 2.02. The second-order valence-corrected chi connectivity index (χ2v) is 8.71. The van der Waals surface area contributed by atoms with Crippen LogP contribution in [0.15, 0.2) is 0 Å². The molecule has 0 aromatic carbocycles. The highest BCUT2D eigenvalue weighted by Crippen LogP contribution is 2.38. The minimum absolute atomic E-state index is 0.277. The van der Waals surface area contributed by atoms with Gasteiger partial charge in [0.05, 0.1) is 0 Å². The molecule has 1 saturated carbocycles. The normalized spacial score (nSPS) is 34.2. The third-order valence-electron chi connectivity index (χ3n) is 5.37. The predicted molar refractivity (Wildman–Crippen MR) is 81.0 cm³/mol. The van der Waals surface area contributed by atoms with E-state index >= 15 is 0 Å². The van der Waals surface area contributed by atoms with Gasteiger partial charge in [-0.1, -0.05) is 12.8 Å². The Balaban J connectivity index is 1.69. The van der Waals surface area contributed by atoms with E-state index in [-0.39, 0.29) is 6.04 Å². The van der Waals surface area contributed by atoms with Crippen molar-refractivity contribution in [3.8, 4) is 0 Å². The molecule has 2 aliphatic heterocycles. The average Bonchev–Trinajstić information content (AvgIpc) is 2.92. The van der Waals surface area contributed by atoms with Crippen molar-refractivity contribution in [2.75, 3.05) is 25.5 Å². The second-order valence-electron chi connectivity index (χ2n) is 6.52. The van der Waals surface area contributed by atoms with E-state index < -0.39 is 10.2 Å². The topological polar surface area (TPSA) is 40.6 Å². The molecule has 3 aliphatic rings. The second kappa shape index (κ2) is 6.11. The molecule has 0 amide bonds. The average molecular weight is 321 g/mol. The molecule has 0 aromatic rings. The van der Waals surface area contributed by atoms with Crippen LogP contribution in [-0.2, 0) is 10.2 Å². The molecule has 6 heteroatoms. The van der Waals surface area contributed by atoms with E-state index in [2.05, 4.69) is 0 Å². The molecular weight excluding hydrogens is 296 g/mol. The molecule has 3 fully saturated rings. The molecule has 0 spiro atoms. The van der Waals surface area contributed by atoms with Crippen molar-refractivity contribution in [3.05, 3.63) is 0 Å². The third kappa shape index (κ3) is 2.74. The van der Waals surface area contributed by atoms with Gasteiger partial charge in [-0.3, -0.25) is 0 Å². The van der Waals surface area contributed by atoms with E-state index in [4.69, 9.17) is 11.6 Å². The number of nitrogens with zero attached hydrogens (tertiary/aromatic N) is 2. The van der Waals surface area contributed by atoms with E-state index in [1.165, 1.54) is 19.3 Å². The van der Waals surface area contributed by atoms with E-state index in [1.807, 2.05) is 4.31 Å². The lowest BCUT2D eigenvalue weighted by atomic mass is 9.86. The summed E-state index contributed by atoms with van der Waals surface area (Å²) in [4.78, 5) is 0. The molecule has 4 nitrogen and oxygen atoms in total. The van der Waals surface area contributed by atoms with Gasteiger partial charge in [-0.05, 0) is 43.9 Å². The fraction of sp³-hybridized carbons (Fsp3) is 1.00. The maximum atomic E-state index is 12.9. The fourth-order valence-corrected chi connectivity index (χ4v) is 6.33. The number of halogens is 1. The first kappa shape index (κ1) is 15.1. The molecule has 2 saturated heterocycles. The van der Waals surface area contributed by atoms with Crippen molar-refractivity contribution in [3.63, 3.8) is 0 Å². The molecule has 1 aliphatic carbocycles. The summed E-state index contributed by atoms with van der Waals surface area (Å²) in [5.74, 6) is 1.76. The van der Waals surface area contributed by atoms with Crippen molar-refractivity contribution in [2.24, 2.45) is 11.8 Å². The molecule has 0 bridgehead atoms. The van der Waals surface area contributed by atoms with E-state index in [0.29, 0.717) is 30.8 Å². The Hall–Kier alpha value is 0.160. The lowest BCUT2D eigenvalue weighted by Gasteiger charge is -2.37. The van der Waals surface area contributed by atoms with Crippen molar-refractivity contribution >= 4 is 21.8 Å². The van der Waals surface area contributed by atoms with E-state index in [9.17, 15) is 8.42 Å². The zero-order chi connectivity index (χ0) is 14.2. The van der Waals surface area contributed by atoms with Crippen molar-refractivity contribution < 1.29 is 8.42 Å². The van der Waals surface area contributed by atoms with Crippen LogP contribution in [0.1, 0.15) is 44.9 Å². The van der Waals surface area contributed by atoms with Gasteiger partial charge in [0.1, 0.15) is 0 Å². The summed E-state index contributed by atoms with van der Waals surface area (Å²) in [6, 6.07) is 0.277. The minimum Gasteiger partial charge on any atom is -0.195 e. The van der Waals surface area contributed by atoms with Gasteiger partial charge in [0.2, 0.25) is 0 Å². The highest BCUT2D eigenvalue weighted by atomic mass is 35.5. The van der Waals surface area contributed by atoms with Gasteiger partial charge < -0.3 is 0 Å². The van der Waals surface area contributed by atoms with Crippen molar-refractivity contribution in [1.29, 1.82) is 0 Å². The molecule has 0 radical (unpaired) electrons. The molecule has 20 heavy (non-hydrogen) atoms. The molecule has 0 N–H and O–H groups in total. The monoisotopic (exact) mass is 320 g/mol. The van der Waals surface area contributed by atoms with Crippen LogP contribution in [0.5, 0.6) is 0 Å². The van der Waals surface area contributed by atoms with Gasteiger partial charge in [0.25, 0.3) is 10.2 Å². The largest absolute Gasteiger partial charge is 0.282 e. The summed E-state index contributed by atoms with van der Waals surface area (Å²) in [5, 5.41) is 0. The molecule has 2 unspecified atom stereocenters. The molecule has 0 aromatic heterocycles. The maximum absolute atomic E-state index is 12.9. The van der Waals surface area contributed by atoms with Gasteiger partial charge in [0, 0.05) is 31.6 Å². The first-order valence-corrected chi connectivity index (χ1v) is 9.89. The molecule has 2 atom stereocenters. The molecule has 116 valence electrons. The van der Waals surface area contributed by atoms with E-state index in [0.717, 1.165) is 32.2 Å². The number of hydrogen-bond donors (Lipinski definition) is 0. The van der Waals surface area contributed by atoms with Crippen LogP contribution in [0.25, 0.3) is 0 Å². The Morgan fingerprint density at radius 3 is 2.35 bits per heavy atom. The first-order valence-electron chi connectivity index (χ1n) is 7.96. The first-order chi connectivity index (χ1) is 9.63. The van der Waals surface area contributed by atoms with Gasteiger partial charge >= 0.3 is 0 Å². The van der Waals surface area contributed by atoms with E-state index in [1.54, 1.807) is 4.31 Å². The smallest absolute Gasteiger partial charge is 0.195 e. The molecular formula is C14H25ClN2O2S. The van der Waals surface area contributed by atoms with Gasteiger partial charge in [-0.2, -0.15) is 17.0 Å². The van der Waals surface area contributed by atoms with Crippen LogP contribution in [0.2, 0.25) is 0 Å². The summed E-state index contributed by atoms with van der Waals surface area (Å²) in [6.07, 6.45) is 7.60. The SMILES string of the molecule is O=S(=O)(N1CCC(CCl)CC1)N1CCC2CCCCC21. The summed E-state index contributed by atoms with van der Waals surface area (Å²) in [7, 11) is -3.24. The number of alkyl halides is 1. The number of hydrogen-bond acceptors (Lipinski definition) is 2. The zero-order valence-corrected chi connectivity index (χ0v) is 13.6. The lowest BCUT2D eigenvalue weighted by molar-refractivity contribution is 0.228. The Kier molecular flexibility index (Phi) is 4.60. The minimum atomic E-state index is -3.24. The number of rotatable bonds is 3. The van der Waals surface area contributed by atoms with Crippen LogP contribution in [0, 0.1) is 11.8 Å². The number of piperidine rings is 1. The molecule has 2 heterocycles. The van der Waals surface area contributed by atoms with Crippen molar-refractivity contribution in [1.82, 2.24) is 8.61 Å². The Labute approximate surface area is 127 Å². The maximum Gasteiger partial charge on any atom is 0.282 e. The highest BCUT2D eigenvalue weighted by Gasteiger charge is 2.44. The quantitative estimate of drug-likeness (QED) is 0.749. The van der Waals surface area contributed by atoms with Gasteiger partial charge in [-0.25, -0.2) is 0 Å². The molecule has 3 rings (SSSR count). The highest BCUT2D eigenvalue weighted by molar-refractivity contribution is 7.86.